The number of hydrogen-bond acceptors (Lipinski definition) is 8. The smallest absolute Gasteiger partial charge is 0.351 e. The van der Waals surface area contributed by atoms with Crippen LogP contribution >= 0.6 is 15.2 Å². The van der Waals surface area contributed by atoms with Gasteiger partial charge in [-0.2, -0.15) is 0 Å². The molecule has 0 atom stereocenters. The second-order valence-electron chi connectivity index (χ2n) is 6.25. The Morgan fingerprint density at radius 1 is 0.933 bits per heavy atom. The van der Waals surface area contributed by atoms with Gasteiger partial charge < -0.3 is 36.2 Å². The third-order valence-corrected chi connectivity index (χ3v) is 8.40. The van der Waals surface area contributed by atoms with Gasteiger partial charge in [0.1, 0.15) is 11.6 Å². The topological polar surface area (TPSA) is 109 Å². The molecule has 0 radical (unpaired) electrons. The highest BCUT2D eigenvalue weighted by Crippen LogP contribution is 2.67. The summed E-state index contributed by atoms with van der Waals surface area (Å²) in [5.74, 6) is 0. The van der Waals surface area contributed by atoms with Gasteiger partial charge in [0.2, 0.25) is 0 Å². The second-order valence-corrected chi connectivity index (χ2v) is 10.7. The lowest BCUT2D eigenvalue weighted by atomic mass is 10.2. The summed E-state index contributed by atoms with van der Waals surface area (Å²) in [5.41, 5.74) is 6.75. The molecule has 1 fully saturated rings. The Balaban J connectivity index is 0.000000573. The van der Waals surface area contributed by atoms with E-state index in [1.807, 2.05) is 30.3 Å². The molecule has 0 aromatic heterocycles. The van der Waals surface area contributed by atoms with Crippen LogP contribution in [0, 0.1) is 0 Å². The molecule has 2 N–H and O–H groups in total. The van der Waals surface area contributed by atoms with Gasteiger partial charge in [-0.1, -0.05) is 30.3 Å². The highest BCUT2D eigenvalue weighted by atomic mass is 35.5. The van der Waals surface area contributed by atoms with Gasteiger partial charge in [0.25, 0.3) is 0 Å². The van der Waals surface area contributed by atoms with Gasteiger partial charge in [-0.15, -0.1) is 0 Å². The Labute approximate surface area is 186 Å². The van der Waals surface area contributed by atoms with Crippen molar-refractivity contribution in [1.82, 2.24) is 0 Å². The molecule has 0 heterocycles. The lowest BCUT2D eigenvalue weighted by Crippen LogP contribution is -3.00. The molecule has 0 spiro atoms. The van der Waals surface area contributed by atoms with Crippen molar-refractivity contribution in [2.75, 3.05) is 32.7 Å². The van der Waals surface area contributed by atoms with Crippen LogP contribution in [0.1, 0.15) is 46.1 Å². The normalized spacial score (nSPS) is 15.2. The van der Waals surface area contributed by atoms with Gasteiger partial charge in [-0.25, -0.2) is 0 Å². The molecule has 1 aromatic rings. The molecule has 11 heteroatoms. The van der Waals surface area contributed by atoms with Crippen LogP contribution in [0.4, 0.5) is 0 Å². The van der Waals surface area contributed by atoms with Crippen LogP contribution in [0.5, 0.6) is 0 Å². The molecule has 174 valence electrons. The van der Waals surface area contributed by atoms with Crippen molar-refractivity contribution in [1.29, 1.82) is 0 Å². The highest BCUT2D eigenvalue weighted by molar-refractivity contribution is 7.56. The fraction of sp³-hybridized carbons (Fsp3) is 0.632. The summed E-state index contributed by atoms with van der Waals surface area (Å²) in [6.07, 6.45) is 3.21. The van der Waals surface area contributed by atoms with Gasteiger partial charge in [0, 0.05) is 6.21 Å². The van der Waals surface area contributed by atoms with E-state index in [1.54, 1.807) is 33.9 Å². The van der Waals surface area contributed by atoms with Crippen molar-refractivity contribution in [3.8, 4) is 0 Å². The summed E-state index contributed by atoms with van der Waals surface area (Å²) in [6, 6.07) is 9.63. The van der Waals surface area contributed by atoms with Gasteiger partial charge >= 0.3 is 15.2 Å². The van der Waals surface area contributed by atoms with Crippen LogP contribution in [0.3, 0.4) is 0 Å². The Kier molecular flexibility index (Phi) is 14.2. The zero-order chi connectivity index (χ0) is 21.8. The third kappa shape index (κ3) is 9.71. The first-order valence-corrected chi connectivity index (χ1v) is 13.2. The minimum absolute atomic E-state index is 0. The molecule has 1 aliphatic carbocycles. The summed E-state index contributed by atoms with van der Waals surface area (Å²) < 4.78 is 44.4. The molecule has 1 saturated carbocycles. The zero-order valence-corrected chi connectivity index (χ0v) is 20.7. The van der Waals surface area contributed by atoms with Gasteiger partial charge in [0.05, 0.1) is 26.4 Å². The van der Waals surface area contributed by atoms with Crippen LogP contribution in [0.25, 0.3) is 0 Å². The Hall–Kier alpha value is -0.560. The molecule has 0 amide bonds. The largest absolute Gasteiger partial charge is 1.00 e. The van der Waals surface area contributed by atoms with E-state index in [4.69, 9.17) is 23.8 Å². The predicted molar refractivity (Wildman–Crippen MR) is 117 cm³/mol. The van der Waals surface area contributed by atoms with E-state index in [9.17, 15) is 9.13 Å². The summed E-state index contributed by atoms with van der Waals surface area (Å²) in [7, 11) is -6.07. The average Bonchev–Trinajstić information content (AvgIpc) is 3.43. The molecule has 0 saturated heterocycles. The van der Waals surface area contributed by atoms with E-state index in [0.717, 1.165) is 18.4 Å². The number of hydrogen-bond donors (Lipinski definition) is 1. The molecule has 1 aliphatic rings. The van der Waals surface area contributed by atoms with Gasteiger partial charge in [-0.3, -0.25) is 14.1 Å². The van der Waals surface area contributed by atoms with E-state index in [1.165, 1.54) is 0 Å². The lowest BCUT2D eigenvalue weighted by molar-refractivity contribution is -0.0000155. The number of nitrogens with zero attached hydrogens (tertiary/aromatic N) is 1. The minimum atomic E-state index is -3.05. The van der Waals surface area contributed by atoms with Crippen molar-refractivity contribution in [3.63, 3.8) is 0 Å². The van der Waals surface area contributed by atoms with E-state index < -0.39 is 20.5 Å². The maximum Gasteiger partial charge on any atom is 0.351 e. The second kappa shape index (κ2) is 14.5. The molecule has 0 aliphatic heterocycles. The van der Waals surface area contributed by atoms with Gasteiger partial charge in [-0.05, 0) is 46.1 Å². The summed E-state index contributed by atoms with van der Waals surface area (Å²) in [5, 5.41) is -0.682. The lowest BCUT2D eigenvalue weighted by Gasteiger charge is -2.22. The number of rotatable bonds is 12. The van der Waals surface area contributed by atoms with Crippen LogP contribution in [-0.2, 0) is 27.2 Å². The van der Waals surface area contributed by atoms with Crippen molar-refractivity contribution in [2.24, 2.45) is 10.7 Å². The quantitative estimate of drug-likeness (QED) is 0.358. The molecule has 1 aromatic carbocycles. The van der Waals surface area contributed by atoms with Crippen molar-refractivity contribution in [3.05, 3.63) is 35.9 Å². The molecule has 0 bridgehead atoms. The Morgan fingerprint density at radius 3 is 1.80 bits per heavy atom. The first kappa shape index (κ1) is 29.4. The first-order valence-electron chi connectivity index (χ1n) is 9.89. The van der Waals surface area contributed by atoms with Gasteiger partial charge in [0.15, 0.2) is 0 Å². The van der Waals surface area contributed by atoms with Crippen molar-refractivity contribution in [2.45, 2.75) is 45.8 Å². The predicted octanol–water partition coefficient (Wildman–Crippen LogP) is 2.03. The number of halogens is 1. The van der Waals surface area contributed by atoms with E-state index >= 15 is 0 Å². The molecular weight excluding hydrogens is 450 g/mol. The SMILES string of the molecule is CCOP(=O)(CN=Cc1ccccc1)OCC.CCOP(=O)(OCC)C1(N)CC1.[Cl-]. The third-order valence-electron chi connectivity index (χ3n) is 3.85. The van der Waals surface area contributed by atoms with E-state index in [0.29, 0.717) is 26.4 Å². The maximum atomic E-state index is 12.0. The van der Waals surface area contributed by atoms with E-state index in [-0.39, 0.29) is 18.7 Å². The molecule has 0 unspecified atom stereocenters. The molecule has 2 rings (SSSR count). The number of nitrogens with two attached hydrogens (primary N) is 1. The first-order chi connectivity index (χ1) is 13.8. The monoisotopic (exact) mass is 483 g/mol. The number of benzene rings is 1. The fourth-order valence-electron chi connectivity index (χ4n) is 2.33. The molecule has 30 heavy (non-hydrogen) atoms. The number of aliphatic imine (C=N–C) groups is 1. The van der Waals surface area contributed by atoms with Crippen molar-refractivity contribution < 1.29 is 39.6 Å². The maximum absolute atomic E-state index is 12.0. The average molecular weight is 484 g/mol. The van der Waals surface area contributed by atoms with Crippen LogP contribution in [0.2, 0.25) is 0 Å². The fourth-order valence-corrected chi connectivity index (χ4v) is 5.57. The molecule has 8 nitrogen and oxygen atoms in total. The standard InChI is InChI=1S/C12H18NO3P.C7H16NO3P.ClH/c1-3-15-17(14,16-4-2)11-13-10-12-8-6-5-7-9-12;1-3-10-12(9,11-4-2)7(8)5-6-7;/h5-10H,3-4,11H2,1-2H3;3-6,8H2,1-2H3;1H/p-1. The van der Waals surface area contributed by atoms with Crippen molar-refractivity contribution >= 4 is 21.4 Å². The Bertz CT molecular complexity index is 696. The van der Waals surface area contributed by atoms with Crippen LogP contribution in [0.15, 0.2) is 35.3 Å². The summed E-state index contributed by atoms with van der Waals surface area (Å²) >= 11 is 0. The summed E-state index contributed by atoms with van der Waals surface area (Å²) in [6.45, 7) is 8.64. The van der Waals surface area contributed by atoms with Crippen LogP contribution in [-0.4, -0.2) is 44.2 Å². The Morgan fingerprint density at radius 2 is 1.40 bits per heavy atom. The van der Waals surface area contributed by atoms with Crippen LogP contribution < -0.4 is 18.1 Å². The highest BCUT2D eigenvalue weighted by Gasteiger charge is 2.57. The van der Waals surface area contributed by atoms with E-state index in [2.05, 4.69) is 4.99 Å². The molecular formula is C19H34ClN2O6P2-. The minimum Gasteiger partial charge on any atom is -1.00 e. The summed E-state index contributed by atoms with van der Waals surface area (Å²) in [4.78, 5) is 4.11. The zero-order valence-electron chi connectivity index (χ0n) is 18.2.